The molecule has 0 spiro atoms. The van der Waals surface area contributed by atoms with E-state index in [0.717, 1.165) is 18.2 Å². The van der Waals surface area contributed by atoms with Crippen LogP contribution >= 0.6 is 30.6 Å². The van der Waals surface area contributed by atoms with Gasteiger partial charge >= 0.3 is 12.4 Å². The van der Waals surface area contributed by atoms with E-state index in [9.17, 15) is 40.6 Å². The van der Waals surface area contributed by atoms with Crippen molar-refractivity contribution < 1.29 is 50.1 Å². The van der Waals surface area contributed by atoms with Crippen molar-refractivity contribution in [3.63, 3.8) is 0 Å². The fourth-order valence-electron chi connectivity index (χ4n) is 3.07. The van der Waals surface area contributed by atoms with Gasteiger partial charge in [-0.15, -0.1) is 0 Å². The fourth-order valence-corrected chi connectivity index (χ4v) is 5.10. The molecule has 0 aliphatic rings. The minimum atomic E-state index is -4.52. The Morgan fingerprint density at radius 3 is 1.95 bits per heavy atom. The molecule has 2 aromatic carbocycles. The molecule has 0 amide bonds. The number of hydrogen-bond acceptors (Lipinski definition) is 5. The Morgan fingerprint density at radius 2 is 1.46 bits per heavy atom. The Kier molecular flexibility index (Phi) is 14.5. The van der Waals surface area contributed by atoms with E-state index in [1.165, 1.54) is 18.2 Å². The predicted molar refractivity (Wildman–Crippen MR) is 136 cm³/mol. The highest BCUT2D eigenvalue weighted by molar-refractivity contribution is 7.58. The van der Waals surface area contributed by atoms with Crippen LogP contribution in [0.15, 0.2) is 36.4 Å². The van der Waals surface area contributed by atoms with Crippen molar-refractivity contribution in [2.45, 2.75) is 45.2 Å². The molecule has 0 saturated heterocycles. The minimum absolute atomic E-state index is 0.0148. The monoisotopic (exact) mass is 625 g/mol. The number of rotatable bonds is 12. The van der Waals surface area contributed by atoms with Crippen LogP contribution < -0.4 is 5.32 Å². The van der Waals surface area contributed by atoms with Crippen LogP contribution in [-0.2, 0) is 32.9 Å². The van der Waals surface area contributed by atoms with Crippen molar-refractivity contribution in [3.05, 3.63) is 68.7 Å². The molecule has 0 aromatic heterocycles. The van der Waals surface area contributed by atoms with Crippen molar-refractivity contribution in [2.24, 2.45) is 0 Å². The molecule has 0 aliphatic heterocycles. The molecule has 0 radical (unpaired) electrons. The maximum Gasteiger partial charge on any atom is 0.417 e. The van der Waals surface area contributed by atoms with Crippen molar-refractivity contribution in [3.8, 4) is 0 Å². The average molecular weight is 626 g/mol. The van der Waals surface area contributed by atoms with Gasteiger partial charge in [-0.25, -0.2) is 0 Å². The van der Waals surface area contributed by atoms with Crippen LogP contribution in [0.25, 0.3) is 0 Å². The lowest BCUT2D eigenvalue weighted by Gasteiger charge is -2.22. The zero-order valence-electron chi connectivity index (χ0n) is 20.9. The molecule has 0 heterocycles. The summed E-state index contributed by atoms with van der Waals surface area (Å²) in [4.78, 5) is 20.2. The van der Waals surface area contributed by atoms with Crippen LogP contribution in [0.5, 0.6) is 0 Å². The molecule has 0 saturated carbocycles. The van der Waals surface area contributed by atoms with Crippen molar-refractivity contribution in [1.82, 2.24) is 5.32 Å². The highest BCUT2D eigenvalue weighted by atomic mass is 35.5. The van der Waals surface area contributed by atoms with Gasteiger partial charge in [-0.05, 0) is 56.6 Å². The quantitative estimate of drug-likeness (QED) is 0.0829. The number of benzene rings is 2. The second kappa shape index (κ2) is 16.0. The summed E-state index contributed by atoms with van der Waals surface area (Å²) in [5.41, 5.74) is -1.49. The molecule has 15 heteroatoms. The summed E-state index contributed by atoms with van der Waals surface area (Å²) in [7, 11) is -3.64. The van der Waals surface area contributed by atoms with Gasteiger partial charge in [-0.3, -0.25) is 9.36 Å². The summed E-state index contributed by atoms with van der Waals surface area (Å²) in [6, 6.07) is 5.54. The molecule has 1 unspecified atom stereocenters. The first-order valence-electron chi connectivity index (χ1n) is 11.5. The lowest BCUT2D eigenvalue weighted by atomic mass is 10.1. The first-order chi connectivity index (χ1) is 18.1. The van der Waals surface area contributed by atoms with E-state index in [0.29, 0.717) is 24.8 Å². The molecular weight excluding hydrogens is 598 g/mol. The Hall–Kier alpha value is -1.66. The number of carbonyl (C=O) groups excluding carboxylic acids is 1. The third kappa shape index (κ3) is 12.2. The molecule has 2 N–H and O–H groups in total. The first-order valence-corrected chi connectivity index (χ1v) is 14.2. The summed E-state index contributed by atoms with van der Waals surface area (Å²) in [6.07, 6.45) is -8.35. The van der Waals surface area contributed by atoms with Gasteiger partial charge in [0.2, 0.25) is 6.03 Å². The average Bonchev–Trinajstić information content (AvgIpc) is 2.84. The molecule has 220 valence electrons. The molecule has 2 rings (SSSR count). The SMILES string of the molecule is CCOC(OCC)P(=O)(O)CCCNCc1ccc(Cl)c(C(F)(F)F)c1.O=Cc1ccc(Cl)c(C(F)(F)F)c1. The van der Waals surface area contributed by atoms with Crippen LogP contribution in [-0.4, -0.2) is 43.1 Å². The number of hydrogen-bond donors (Lipinski definition) is 2. The molecule has 0 aliphatic carbocycles. The van der Waals surface area contributed by atoms with Gasteiger partial charge in [0.05, 0.1) is 21.2 Å². The molecule has 0 bridgehead atoms. The van der Waals surface area contributed by atoms with Gasteiger partial charge in [0.25, 0.3) is 7.37 Å². The lowest BCUT2D eigenvalue weighted by molar-refractivity contribution is -0.138. The van der Waals surface area contributed by atoms with E-state index < -0.39 is 41.9 Å². The van der Waals surface area contributed by atoms with Crippen LogP contribution in [0.4, 0.5) is 26.3 Å². The lowest BCUT2D eigenvalue weighted by Crippen LogP contribution is -2.21. The summed E-state index contributed by atoms with van der Waals surface area (Å²) in [5, 5.41) is 2.20. The number of halogens is 8. The maximum absolute atomic E-state index is 12.8. The number of ether oxygens (including phenoxy) is 2. The molecule has 2 aromatic rings. The van der Waals surface area contributed by atoms with Crippen LogP contribution in [0.2, 0.25) is 10.0 Å². The topological polar surface area (TPSA) is 84.9 Å². The van der Waals surface area contributed by atoms with Crippen molar-refractivity contribution >= 4 is 36.9 Å². The highest BCUT2D eigenvalue weighted by Crippen LogP contribution is 2.47. The Labute approximate surface area is 232 Å². The van der Waals surface area contributed by atoms with Gasteiger partial charge in [-0.2, -0.15) is 26.3 Å². The zero-order valence-corrected chi connectivity index (χ0v) is 23.3. The van der Waals surface area contributed by atoms with E-state index >= 15 is 0 Å². The number of aldehydes is 1. The standard InChI is InChI=1S/C16H24ClF3NO4P.C8H4ClF3O/c1-3-24-15(25-4-2)26(22,23)9-5-8-21-11-12-6-7-14(17)13(10-12)16(18,19)20;9-7-2-1-5(4-13)3-6(7)8(10,11)12/h6-7,10,15,21H,3-5,8-9,11H2,1-2H3,(H,22,23);1-4H. The molecule has 39 heavy (non-hydrogen) atoms. The van der Waals surface area contributed by atoms with Crippen molar-refractivity contribution in [1.29, 1.82) is 0 Å². The second-order valence-corrected chi connectivity index (χ2v) is 11.1. The van der Waals surface area contributed by atoms with Gasteiger partial charge in [0.1, 0.15) is 6.29 Å². The van der Waals surface area contributed by atoms with E-state index in [1.807, 2.05) is 0 Å². The number of nitrogens with one attached hydrogen (secondary N) is 1. The zero-order chi connectivity index (χ0) is 29.9. The fraction of sp³-hybridized carbons (Fsp3) is 0.458. The molecule has 6 nitrogen and oxygen atoms in total. The van der Waals surface area contributed by atoms with Crippen molar-refractivity contribution in [2.75, 3.05) is 25.9 Å². The summed E-state index contributed by atoms with van der Waals surface area (Å²) in [5.74, 6) is 0. The van der Waals surface area contributed by atoms with Crippen LogP contribution in [0.1, 0.15) is 47.3 Å². The van der Waals surface area contributed by atoms with E-state index in [4.69, 9.17) is 32.7 Å². The van der Waals surface area contributed by atoms with Crippen LogP contribution in [0, 0.1) is 0 Å². The minimum Gasteiger partial charge on any atom is -0.345 e. The van der Waals surface area contributed by atoms with E-state index in [1.54, 1.807) is 13.8 Å². The summed E-state index contributed by atoms with van der Waals surface area (Å²) in [6.45, 7) is 4.47. The Balaban J connectivity index is 0.000000487. The molecular formula is C24H28Cl2F6NO5P. The first kappa shape index (κ1) is 35.4. The molecule has 1 atom stereocenters. The van der Waals surface area contributed by atoms with E-state index in [2.05, 4.69) is 5.32 Å². The third-order valence-corrected chi connectivity index (χ3v) is 7.45. The van der Waals surface area contributed by atoms with Gasteiger partial charge in [-0.1, -0.05) is 35.3 Å². The van der Waals surface area contributed by atoms with Gasteiger partial charge < -0.3 is 19.7 Å². The summed E-state index contributed by atoms with van der Waals surface area (Å²) < 4.78 is 97.5. The normalized spacial score (nSPS) is 13.5. The third-order valence-electron chi connectivity index (χ3n) is 4.88. The number of alkyl halides is 6. The molecule has 0 fully saturated rings. The van der Waals surface area contributed by atoms with Gasteiger partial charge in [0, 0.05) is 31.5 Å². The summed E-state index contributed by atoms with van der Waals surface area (Å²) >= 11 is 10.9. The van der Waals surface area contributed by atoms with E-state index in [-0.39, 0.29) is 36.5 Å². The Bertz CT molecular complexity index is 1110. The Morgan fingerprint density at radius 1 is 0.949 bits per heavy atom. The predicted octanol–water partition coefficient (Wildman–Crippen LogP) is 7.64. The maximum atomic E-state index is 12.8. The number of carbonyl (C=O) groups is 1. The second-order valence-electron chi connectivity index (χ2n) is 7.89. The smallest absolute Gasteiger partial charge is 0.345 e. The highest BCUT2D eigenvalue weighted by Gasteiger charge is 2.34. The van der Waals surface area contributed by atoms with Gasteiger partial charge in [0.15, 0.2) is 0 Å². The largest absolute Gasteiger partial charge is 0.417 e. The van der Waals surface area contributed by atoms with Crippen LogP contribution in [0.3, 0.4) is 0 Å².